The number of carbonyl (C=O) groups is 1. The van der Waals surface area contributed by atoms with Crippen molar-refractivity contribution < 1.29 is 15.0 Å². The van der Waals surface area contributed by atoms with Gasteiger partial charge in [0.25, 0.3) is 0 Å². The molecule has 3 nitrogen and oxygen atoms in total. The molecule has 0 bridgehead atoms. The van der Waals surface area contributed by atoms with Crippen molar-refractivity contribution in [3.8, 4) is 0 Å². The molecule has 1 unspecified atom stereocenters. The maximum Gasteiger partial charge on any atom is 0.331 e. The average molecular weight is 142 g/mol. The Morgan fingerprint density at radius 2 is 2.20 bits per heavy atom. The van der Waals surface area contributed by atoms with Crippen molar-refractivity contribution in [3.05, 3.63) is 24.3 Å². The fourth-order valence-corrected chi connectivity index (χ4v) is 0.395. The molecule has 10 heavy (non-hydrogen) atoms. The summed E-state index contributed by atoms with van der Waals surface area (Å²) in [6, 6.07) is 0. The van der Waals surface area contributed by atoms with E-state index < -0.39 is 12.1 Å². The monoisotopic (exact) mass is 142 g/mol. The van der Waals surface area contributed by atoms with Gasteiger partial charge in [-0.05, 0) is 13.0 Å². The van der Waals surface area contributed by atoms with Crippen molar-refractivity contribution in [2.45, 2.75) is 13.0 Å². The van der Waals surface area contributed by atoms with Crippen LogP contribution in [-0.2, 0) is 4.79 Å². The highest BCUT2D eigenvalue weighted by molar-refractivity contribution is 5.85. The lowest BCUT2D eigenvalue weighted by Crippen LogP contribution is -2.02. The smallest absolute Gasteiger partial charge is 0.331 e. The predicted molar refractivity (Wildman–Crippen MR) is 37.6 cm³/mol. The summed E-state index contributed by atoms with van der Waals surface area (Å²) in [5, 5.41) is 17.1. The Morgan fingerprint density at radius 3 is 2.50 bits per heavy atom. The molecule has 0 spiro atoms. The summed E-state index contributed by atoms with van der Waals surface area (Å²) >= 11 is 0. The predicted octanol–water partition coefficient (Wildman–Crippen LogP) is 0.564. The molecule has 3 heteroatoms. The van der Waals surface area contributed by atoms with Crippen molar-refractivity contribution >= 4 is 5.97 Å². The number of carboxylic acids is 1. The van der Waals surface area contributed by atoms with Crippen molar-refractivity contribution in [2.24, 2.45) is 0 Å². The highest BCUT2D eigenvalue weighted by atomic mass is 16.4. The van der Waals surface area contributed by atoms with E-state index >= 15 is 0 Å². The minimum Gasteiger partial charge on any atom is -0.478 e. The van der Waals surface area contributed by atoms with Gasteiger partial charge in [0.2, 0.25) is 0 Å². The van der Waals surface area contributed by atoms with Crippen molar-refractivity contribution in [3.63, 3.8) is 0 Å². The molecule has 0 aliphatic rings. The lowest BCUT2D eigenvalue weighted by atomic mass is 10.2. The molecule has 0 aliphatic heterocycles. The van der Waals surface area contributed by atoms with Crippen LogP contribution in [0.1, 0.15) is 6.92 Å². The summed E-state index contributed by atoms with van der Waals surface area (Å²) in [5.74, 6) is -1.03. The number of hydrogen-bond acceptors (Lipinski definition) is 2. The minimum atomic E-state index is -1.03. The van der Waals surface area contributed by atoms with E-state index in [0.29, 0.717) is 0 Å². The molecule has 0 radical (unpaired) electrons. The largest absolute Gasteiger partial charge is 0.478 e. The lowest BCUT2D eigenvalue weighted by molar-refractivity contribution is -0.132. The Bertz CT molecular complexity index is 170. The Morgan fingerprint density at radius 1 is 1.70 bits per heavy atom. The molecule has 0 aromatic rings. The first-order valence-electron chi connectivity index (χ1n) is 2.80. The fourth-order valence-electron chi connectivity index (χ4n) is 0.395. The molecule has 2 N–H and O–H groups in total. The number of rotatable bonds is 3. The van der Waals surface area contributed by atoms with Crippen LogP contribution < -0.4 is 0 Å². The van der Waals surface area contributed by atoms with E-state index in [1.807, 2.05) is 0 Å². The van der Waals surface area contributed by atoms with Gasteiger partial charge in [-0.1, -0.05) is 6.08 Å². The Hall–Kier alpha value is -1.09. The highest BCUT2D eigenvalue weighted by Crippen LogP contribution is 1.96. The second-order valence-corrected chi connectivity index (χ2v) is 1.88. The van der Waals surface area contributed by atoms with E-state index in [1.54, 1.807) is 0 Å². The van der Waals surface area contributed by atoms with Crippen molar-refractivity contribution in [2.75, 3.05) is 0 Å². The summed E-state index contributed by atoms with van der Waals surface area (Å²) in [6.45, 7) is 4.70. The van der Waals surface area contributed by atoms with Crippen LogP contribution in [0.15, 0.2) is 24.3 Å². The number of aliphatic hydroxyl groups is 1. The Labute approximate surface area is 59.3 Å². The summed E-state index contributed by atoms with van der Waals surface area (Å²) in [5.41, 5.74) is 0.118. The van der Waals surface area contributed by atoms with Gasteiger partial charge in [-0.15, -0.1) is 6.58 Å². The van der Waals surface area contributed by atoms with Crippen LogP contribution in [0.5, 0.6) is 0 Å². The number of aliphatic hydroxyl groups excluding tert-OH is 1. The van der Waals surface area contributed by atoms with Crippen LogP contribution in [0.2, 0.25) is 0 Å². The van der Waals surface area contributed by atoms with Crippen molar-refractivity contribution in [1.82, 2.24) is 0 Å². The van der Waals surface area contributed by atoms with Crippen LogP contribution in [0, 0.1) is 0 Å². The Balaban J connectivity index is 4.15. The van der Waals surface area contributed by atoms with E-state index in [9.17, 15) is 4.79 Å². The Kier molecular flexibility index (Phi) is 3.43. The molecule has 0 aromatic carbocycles. The van der Waals surface area contributed by atoms with E-state index in [4.69, 9.17) is 10.2 Å². The third kappa shape index (κ3) is 3.04. The first-order valence-corrected chi connectivity index (χ1v) is 2.80. The fraction of sp³-hybridized carbons (Fsp3) is 0.286. The van der Waals surface area contributed by atoms with Gasteiger partial charge in [-0.25, -0.2) is 4.79 Å². The van der Waals surface area contributed by atoms with Gasteiger partial charge in [0.1, 0.15) is 0 Å². The highest BCUT2D eigenvalue weighted by Gasteiger charge is 2.00. The van der Waals surface area contributed by atoms with Gasteiger partial charge >= 0.3 is 5.97 Å². The lowest BCUT2D eigenvalue weighted by Gasteiger charge is -1.96. The van der Waals surface area contributed by atoms with Crippen LogP contribution in [0.25, 0.3) is 0 Å². The minimum absolute atomic E-state index is 0.118. The molecule has 0 saturated carbocycles. The molecule has 0 heterocycles. The summed E-state index contributed by atoms with van der Waals surface area (Å²) in [6.07, 6.45) is 1.61. The molecule has 0 aliphatic carbocycles. The van der Waals surface area contributed by atoms with Gasteiger partial charge in [0.05, 0.1) is 6.10 Å². The zero-order chi connectivity index (χ0) is 8.15. The molecule has 0 aromatic heterocycles. The third-order valence-corrected chi connectivity index (χ3v) is 1.000. The average Bonchev–Trinajstić information content (AvgIpc) is 1.87. The van der Waals surface area contributed by atoms with Crippen molar-refractivity contribution in [1.29, 1.82) is 0 Å². The number of hydrogen-bond donors (Lipinski definition) is 2. The third-order valence-electron chi connectivity index (χ3n) is 1.000. The first kappa shape index (κ1) is 8.91. The van der Waals surface area contributed by atoms with E-state index in [1.165, 1.54) is 19.1 Å². The second-order valence-electron chi connectivity index (χ2n) is 1.88. The molecule has 0 saturated heterocycles. The maximum atomic E-state index is 10.1. The van der Waals surface area contributed by atoms with Crippen LogP contribution in [0.4, 0.5) is 0 Å². The summed E-state index contributed by atoms with van der Waals surface area (Å²) in [4.78, 5) is 10.1. The maximum absolute atomic E-state index is 10.1. The molecule has 1 atom stereocenters. The van der Waals surface area contributed by atoms with E-state index in [0.717, 1.165) is 0 Å². The molecule has 56 valence electrons. The molecule has 0 fully saturated rings. The molecular formula is C7H10O3. The zero-order valence-electron chi connectivity index (χ0n) is 5.74. The van der Waals surface area contributed by atoms with Gasteiger partial charge in [0.15, 0.2) is 0 Å². The topological polar surface area (TPSA) is 57.5 Å². The summed E-state index contributed by atoms with van der Waals surface area (Å²) in [7, 11) is 0. The normalized spacial score (nSPS) is 14.4. The molecule has 0 rings (SSSR count). The van der Waals surface area contributed by atoms with Gasteiger partial charge < -0.3 is 10.2 Å². The number of aliphatic carboxylic acids is 1. The van der Waals surface area contributed by atoms with E-state index in [2.05, 4.69) is 6.58 Å². The van der Waals surface area contributed by atoms with Crippen LogP contribution in [0.3, 0.4) is 0 Å². The standard InChI is InChI=1S/C7H10O3/c1-3-6(8)4-5(2)7(9)10/h3-4,6,8H,1H2,2H3,(H,9,10). The van der Waals surface area contributed by atoms with Gasteiger partial charge in [0, 0.05) is 5.57 Å². The zero-order valence-corrected chi connectivity index (χ0v) is 5.74. The molecular weight excluding hydrogens is 132 g/mol. The first-order chi connectivity index (χ1) is 4.57. The van der Waals surface area contributed by atoms with Gasteiger partial charge in [-0.2, -0.15) is 0 Å². The van der Waals surface area contributed by atoms with Crippen LogP contribution >= 0.6 is 0 Å². The molecule has 0 amide bonds. The second kappa shape index (κ2) is 3.85. The van der Waals surface area contributed by atoms with E-state index in [-0.39, 0.29) is 5.57 Å². The number of carboxylic acid groups (broad SMARTS) is 1. The SMILES string of the molecule is C=CC(O)C=C(C)C(=O)O. The summed E-state index contributed by atoms with van der Waals surface area (Å²) < 4.78 is 0. The van der Waals surface area contributed by atoms with Gasteiger partial charge in [-0.3, -0.25) is 0 Å². The quantitative estimate of drug-likeness (QED) is 0.447. The van der Waals surface area contributed by atoms with Crippen LogP contribution in [-0.4, -0.2) is 22.3 Å².